The molecule has 0 aliphatic heterocycles. The smallest absolute Gasteiger partial charge is 0.127 e. The van der Waals surface area contributed by atoms with E-state index >= 15 is 0 Å². The number of aldehydes is 1. The second kappa shape index (κ2) is 4.08. The molecule has 2 nitrogen and oxygen atoms in total. The minimum Gasteiger partial charge on any atom is -0.496 e. The maximum atomic E-state index is 10.5. The third-order valence-corrected chi connectivity index (χ3v) is 2.16. The normalized spacial score (nSPS) is 12.2. The number of carbonyl (C=O) groups excluding carboxylic acids is 1. The van der Waals surface area contributed by atoms with Crippen LogP contribution in [0.5, 0.6) is 5.75 Å². The van der Waals surface area contributed by atoms with Gasteiger partial charge in [0.25, 0.3) is 0 Å². The van der Waals surface area contributed by atoms with E-state index in [2.05, 4.69) is 0 Å². The van der Waals surface area contributed by atoms with Gasteiger partial charge in [-0.25, -0.2) is 0 Å². The van der Waals surface area contributed by atoms with Gasteiger partial charge in [-0.1, -0.05) is 19.1 Å². The maximum Gasteiger partial charge on any atom is 0.127 e. The molecule has 0 aliphatic rings. The zero-order valence-electron chi connectivity index (χ0n) is 8.20. The summed E-state index contributed by atoms with van der Waals surface area (Å²) in [5.41, 5.74) is 2.08. The Morgan fingerprint density at radius 2 is 2.15 bits per heavy atom. The summed E-state index contributed by atoms with van der Waals surface area (Å²) in [4.78, 5) is 10.5. The van der Waals surface area contributed by atoms with E-state index in [1.54, 1.807) is 7.11 Å². The summed E-state index contributed by atoms with van der Waals surface area (Å²) in [7, 11) is 1.64. The average Bonchev–Trinajstić information content (AvgIpc) is 2.17. The molecule has 0 saturated carbocycles. The molecular formula is C11H14O2. The lowest BCUT2D eigenvalue weighted by atomic mass is 10.0. The molecule has 1 rings (SSSR count). The van der Waals surface area contributed by atoms with Crippen molar-refractivity contribution in [1.29, 1.82) is 0 Å². The first-order chi connectivity index (χ1) is 6.19. The number of hydrogen-bond acceptors (Lipinski definition) is 2. The Balaban J connectivity index is 3.05. The second-order valence-electron chi connectivity index (χ2n) is 3.15. The van der Waals surface area contributed by atoms with Crippen LogP contribution < -0.4 is 4.74 Å². The van der Waals surface area contributed by atoms with Crippen LogP contribution in [-0.4, -0.2) is 13.4 Å². The van der Waals surface area contributed by atoms with Crippen LogP contribution in [0.1, 0.15) is 24.0 Å². The van der Waals surface area contributed by atoms with Gasteiger partial charge in [0.2, 0.25) is 0 Å². The van der Waals surface area contributed by atoms with E-state index in [1.165, 1.54) is 0 Å². The largest absolute Gasteiger partial charge is 0.496 e. The topological polar surface area (TPSA) is 26.3 Å². The van der Waals surface area contributed by atoms with E-state index in [9.17, 15) is 4.79 Å². The fourth-order valence-corrected chi connectivity index (χ4v) is 1.20. The highest BCUT2D eigenvalue weighted by Gasteiger charge is 2.06. The number of benzene rings is 1. The second-order valence-corrected chi connectivity index (χ2v) is 3.15. The summed E-state index contributed by atoms with van der Waals surface area (Å²) in [6.07, 6.45) is 0.935. The summed E-state index contributed by atoms with van der Waals surface area (Å²) in [5.74, 6) is 0.778. The highest BCUT2D eigenvalue weighted by molar-refractivity contribution is 5.62. The standard InChI is InChI=1S/C11H14O2/c1-8-4-5-10(9(2)7-12)6-11(8)13-3/h4-7,9H,1-3H3. The zero-order chi connectivity index (χ0) is 9.84. The number of hydrogen-bond donors (Lipinski definition) is 0. The third kappa shape index (κ3) is 2.08. The van der Waals surface area contributed by atoms with Crippen molar-refractivity contribution in [3.8, 4) is 5.75 Å². The fraction of sp³-hybridized carbons (Fsp3) is 0.364. The van der Waals surface area contributed by atoms with Crippen molar-refractivity contribution in [2.24, 2.45) is 0 Å². The first kappa shape index (κ1) is 9.78. The molecule has 1 aromatic rings. The number of methoxy groups -OCH3 is 1. The van der Waals surface area contributed by atoms with Crippen LogP contribution in [0.4, 0.5) is 0 Å². The average molecular weight is 178 g/mol. The number of rotatable bonds is 3. The molecule has 0 bridgehead atoms. The molecule has 0 heterocycles. The molecular weight excluding hydrogens is 164 g/mol. The van der Waals surface area contributed by atoms with Crippen molar-refractivity contribution in [3.05, 3.63) is 29.3 Å². The molecule has 0 radical (unpaired) electrons. The van der Waals surface area contributed by atoms with Crippen molar-refractivity contribution in [3.63, 3.8) is 0 Å². The number of aryl methyl sites for hydroxylation is 1. The van der Waals surface area contributed by atoms with Gasteiger partial charge in [0.1, 0.15) is 12.0 Å². The molecule has 0 amide bonds. The molecule has 1 atom stereocenters. The lowest BCUT2D eigenvalue weighted by Crippen LogP contribution is -1.96. The molecule has 2 heteroatoms. The van der Waals surface area contributed by atoms with Gasteiger partial charge in [-0.05, 0) is 24.1 Å². The van der Waals surface area contributed by atoms with Gasteiger partial charge in [-0.2, -0.15) is 0 Å². The Kier molecular flexibility index (Phi) is 3.07. The lowest BCUT2D eigenvalue weighted by molar-refractivity contribution is -0.108. The number of ether oxygens (including phenoxy) is 1. The Labute approximate surface area is 78.5 Å². The molecule has 0 saturated heterocycles. The van der Waals surface area contributed by atoms with Crippen molar-refractivity contribution in [2.45, 2.75) is 19.8 Å². The first-order valence-corrected chi connectivity index (χ1v) is 4.29. The van der Waals surface area contributed by atoms with Crippen LogP contribution in [0.15, 0.2) is 18.2 Å². The molecule has 0 spiro atoms. The lowest BCUT2D eigenvalue weighted by Gasteiger charge is -2.08. The quantitative estimate of drug-likeness (QED) is 0.664. The van der Waals surface area contributed by atoms with Crippen molar-refractivity contribution >= 4 is 6.29 Å². The highest BCUT2D eigenvalue weighted by atomic mass is 16.5. The van der Waals surface area contributed by atoms with Crippen molar-refractivity contribution in [2.75, 3.05) is 7.11 Å². The minimum atomic E-state index is -0.0606. The molecule has 1 aromatic carbocycles. The Hall–Kier alpha value is -1.31. The molecule has 13 heavy (non-hydrogen) atoms. The van der Waals surface area contributed by atoms with Gasteiger partial charge >= 0.3 is 0 Å². The SMILES string of the molecule is COc1cc(C(C)C=O)ccc1C. The van der Waals surface area contributed by atoms with Crippen molar-refractivity contribution in [1.82, 2.24) is 0 Å². The number of carbonyl (C=O) groups is 1. The van der Waals surface area contributed by atoms with Gasteiger partial charge in [0, 0.05) is 5.92 Å². The van der Waals surface area contributed by atoms with Gasteiger partial charge in [0.05, 0.1) is 7.11 Å². The van der Waals surface area contributed by atoms with Crippen molar-refractivity contribution < 1.29 is 9.53 Å². The van der Waals surface area contributed by atoms with Gasteiger partial charge in [-0.15, -0.1) is 0 Å². The molecule has 0 N–H and O–H groups in total. The van der Waals surface area contributed by atoms with E-state index < -0.39 is 0 Å². The van der Waals surface area contributed by atoms with Crippen LogP contribution in [0.2, 0.25) is 0 Å². The molecule has 0 fully saturated rings. The Morgan fingerprint density at radius 1 is 1.46 bits per heavy atom. The van der Waals surface area contributed by atoms with Gasteiger partial charge in [0.15, 0.2) is 0 Å². The zero-order valence-corrected chi connectivity index (χ0v) is 8.20. The third-order valence-electron chi connectivity index (χ3n) is 2.16. The van der Waals surface area contributed by atoms with Crippen LogP contribution in [-0.2, 0) is 4.79 Å². The maximum absolute atomic E-state index is 10.5. The van der Waals surface area contributed by atoms with E-state index in [4.69, 9.17) is 4.74 Å². The molecule has 0 aromatic heterocycles. The summed E-state index contributed by atoms with van der Waals surface area (Å²) in [6, 6.07) is 5.83. The predicted octanol–water partition coefficient (Wildman–Crippen LogP) is 2.31. The Morgan fingerprint density at radius 3 is 2.69 bits per heavy atom. The first-order valence-electron chi connectivity index (χ1n) is 4.29. The summed E-state index contributed by atoms with van der Waals surface area (Å²) in [5, 5.41) is 0. The summed E-state index contributed by atoms with van der Waals surface area (Å²) in [6.45, 7) is 3.85. The van der Waals surface area contributed by atoms with E-state index in [0.29, 0.717) is 0 Å². The minimum absolute atomic E-state index is 0.0606. The predicted molar refractivity (Wildman–Crippen MR) is 52.2 cm³/mol. The van der Waals surface area contributed by atoms with Crippen LogP contribution in [0.25, 0.3) is 0 Å². The molecule has 70 valence electrons. The van der Waals surface area contributed by atoms with Gasteiger partial charge in [-0.3, -0.25) is 0 Å². The molecule has 1 unspecified atom stereocenters. The summed E-state index contributed by atoms with van der Waals surface area (Å²) >= 11 is 0. The van der Waals surface area contributed by atoms with Crippen LogP contribution in [0, 0.1) is 6.92 Å². The highest BCUT2D eigenvalue weighted by Crippen LogP contribution is 2.22. The monoisotopic (exact) mass is 178 g/mol. The fourth-order valence-electron chi connectivity index (χ4n) is 1.20. The van der Waals surface area contributed by atoms with Crippen LogP contribution in [0.3, 0.4) is 0 Å². The Bertz CT molecular complexity index is 305. The van der Waals surface area contributed by atoms with E-state index in [0.717, 1.165) is 23.2 Å². The van der Waals surface area contributed by atoms with Gasteiger partial charge < -0.3 is 9.53 Å². The molecule has 0 aliphatic carbocycles. The van der Waals surface area contributed by atoms with E-state index in [1.807, 2.05) is 32.0 Å². The summed E-state index contributed by atoms with van der Waals surface area (Å²) < 4.78 is 5.16. The van der Waals surface area contributed by atoms with Crippen LogP contribution >= 0.6 is 0 Å². The van der Waals surface area contributed by atoms with E-state index in [-0.39, 0.29) is 5.92 Å².